The van der Waals surface area contributed by atoms with Gasteiger partial charge in [0, 0.05) is 12.6 Å². The quantitative estimate of drug-likeness (QED) is 0.871. The molecule has 3 rings (SSSR count). The third-order valence-corrected chi connectivity index (χ3v) is 3.77. The van der Waals surface area contributed by atoms with E-state index in [0.29, 0.717) is 23.4 Å². The minimum absolute atomic E-state index is 0.0813. The fourth-order valence-electron chi connectivity index (χ4n) is 2.22. The lowest BCUT2D eigenvalue weighted by Gasteiger charge is -2.22. The van der Waals surface area contributed by atoms with Crippen LogP contribution in [0.1, 0.15) is 34.5 Å². The Morgan fingerprint density at radius 2 is 1.90 bits per heavy atom. The Morgan fingerprint density at radius 1 is 1.19 bits per heavy atom. The average Bonchev–Trinajstić information content (AvgIpc) is 3.31. The highest BCUT2D eigenvalue weighted by Crippen LogP contribution is 2.29. The predicted molar refractivity (Wildman–Crippen MR) is 81.1 cm³/mol. The minimum atomic E-state index is -0.0813. The maximum absolute atomic E-state index is 12.6. The average molecular weight is 302 g/mol. The molecule has 0 bridgehead atoms. The van der Waals surface area contributed by atoms with Gasteiger partial charge in [0.2, 0.25) is 0 Å². The lowest BCUT2D eigenvalue weighted by molar-refractivity contribution is 0.0722. The van der Waals surface area contributed by atoms with Crippen LogP contribution in [0.15, 0.2) is 36.4 Å². The van der Waals surface area contributed by atoms with Crippen LogP contribution in [0.4, 0.5) is 0 Å². The number of rotatable bonds is 4. The van der Waals surface area contributed by atoms with Gasteiger partial charge in [0.15, 0.2) is 10.8 Å². The van der Waals surface area contributed by atoms with Gasteiger partial charge < -0.3 is 4.90 Å². The van der Waals surface area contributed by atoms with E-state index in [1.165, 1.54) is 5.56 Å². The Balaban J connectivity index is 1.79. The van der Waals surface area contributed by atoms with Crippen LogP contribution in [0.25, 0.3) is 0 Å². The predicted octanol–water partition coefficient (Wildman–Crippen LogP) is 3.24. The number of benzene rings is 1. The molecule has 0 unspecified atom stereocenters. The SMILES string of the molecule is Cc1ccc(CN(C(=O)c2ccc(Cl)nn2)C2CC2)cc1. The number of amides is 1. The summed E-state index contributed by atoms with van der Waals surface area (Å²) in [5.74, 6) is -0.0813. The Morgan fingerprint density at radius 3 is 2.48 bits per heavy atom. The monoisotopic (exact) mass is 301 g/mol. The molecule has 0 spiro atoms. The molecular formula is C16H16ClN3O. The zero-order valence-corrected chi connectivity index (χ0v) is 12.5. The van der Waals surface area contributed by atoms with E-state index in [4.69, 9.17) is 11.6 Å². The molecule has 4 nitrogen and oxygen atoms in total. The Kier molecular flexibility index (Phi) is 3.88. The minimum Gasteiger partial charge on any atom is -0.330 e. The van der Waals surface area contributed by atoms with Crippen LogP contribution in [-0.2, 0) is 6.54 Å². The van der Waals surface area contributed by atoms with Crippen LogP contribution >= 0.6 is 11.6 Å². The summed E-state index contributed by atoms with van der Waals surface area (Å²) in [6, 6.07) is 11.8. The second kappa shape index (κ2) is 5.82. The third-order valence-electron chi connectivity index (χ3n) is 3.57. The first-order chi connectivity index (χ1) is 10.1. The molecule has 1 heterocycles. The number of hydrogen-bond donors (Lipinski definition) is 0. The molecule has 21 heavy (non-hydrogen) atoms. The van der Waals surface area contributed by atoms with Gasteiger partial charge in [-0.3, -0.25) is 4.79 Å². The lowest BCUT2D eigenvalue weighted by atomic mass is 10.1. The van der Waals surface area contributed by atoms with E-state index in [-0.39, 0.29) is 5.91 Å². The molecule has 108 valence electrons. The molecule has 0 N–H and O–H groups in total. The van der Waals surface area contributed by atoms with E-state index < -0.39 is 0 Å². The number of halogens is 1. The number of nitrogens with zero attached hydrogens (tertiary/aromatic N) is 3. The first-order valence-corrected chi connectivity index (χ1v) is 7.37. The summed E-state index contributed by atoms with van der Waals surface area (Å²) in [5.41, 5.74) is 2.69. The van der Waals surface area contributed by atoms with E-state index >= 15 is 0 Å². The number of aryl methyl sites for hydroxylation is 1. The van der Waals surface area contributed by atoms with Crippen molar-refractivity contribution in [1.29, 1.82) is 0 Å². The van der Waals surface area contributed by atoms with Crippen molar-refractivity contribution in [3.63, 3.8) is 0 Å². The third kappa shape index (κ3) is 3.39. The van der Waals surface area contributed by atoms with Gasteiger partial charge in [-0.05, 0) is 37.5 Å². The summed E-state index contributed by atoms with van der Waals surface area (Å²) >= 11 is 5.72. The van der Waals surface area contributed by atoms with Crippen LogP contribution < -0.4 is 0 Å². The molecule has 1 fully saturated rings. The van der Waals surface area contributed by atoms with Crippen LogP contribution in [0.2, 0.25) is 5.15 Å². The second-order valence-corrected chi connectivity index (χ2v) is 5.78. The largest absolute Gasteiger partial charge is 0.330 e. The summed E-state index contributed by atoms with van der Waals surface area (Å²) < 4.78 is 0. The Hall–Kier alpha value is -1.94. The fourth-order valence-corrected chi connectivity index (χ4v) is 2.32. The topological polar surface area (TPSA) is 46.1 Å². The van der Waals surface area contributed by atoms with Crippen molar-refractivity contribution in [2.24, 2.45) is 0 Å². The van der Waals surface area contributed by atoms with Gasteiger partial charge in [0.05, 0.1) is 0 Å². The molecule has 0 radical (unpaired) electrons. The maximum Gasteiger partial charge on any atom is 0.274 e. The van der Waals surface area contributed by atoms with Crippen molar-refractivity contribution in [3.8, 4) is 0 Å². The lowest BCUT2D eigenvalue weighted by Crippen LogP contribution is -2.33. The summed E-state index contributed by atoms with van der Waals surface area (Å²) in [5, 5.41) is 7.94. The summed E-state index contributed by atoms with van der Waals surface area (Å²) in [6.07, 6.45) is 2.11. The van der Waals surface area contributed by atoms with E-state index in [9.17, 15) is 4.79 Å². The number of hydrogen-bond acceptors (Lipinski definition) is 3. The van der Waals surface area contributed by atoms with Crippen molar-refractivity contribution in [2.45, 2.75) is 32.4 Å². The number of carbonyl (C=O) groups excluding carboxylic acids is 1. The molecule has 5 heteroatoms. The first kappa shape index (κ1) is 14.0. The number of aromatic nitrogens is 2. The molecule has 0 saturated heterocycles. The summed E-state index contributed by atoms with van der Waals surface area (Å²) in [6.45, 7) is 2.66. The van der Waals surface area contributed by atoms with E-state index in [1.54, 1.807) is 12.1 Å². The van der Waals surface area contributed by atoms with E-state index in [2.05, 4.69) is 41.4 Å². The molecule has 1 aliphatic rings. The van der Waals surface area contributed by atoms with Crippen molar-refractivity contribution < 1.29 is 4.79 Å². The van der Waals surface area contributed by atoms with Crippen LogP contribution in [-0.4, -0.2) is 27.0 Å². The number of carbonyl (C=O) groups is 1. The van der Waals surface area contributed by atoms with Crippen molar-refractivity contribution in [2.75, 3.05) is 0 Å². The van der Waals surface area contributed by atoms with Gasteiger partial charge in [0.1, 0.15) is 0 Å². The maximum atomic E-state index is 12.6. The molecule has 1 aromatic heterocycles. The zero-order chi connectivity index (χ0) is 14.8. The highest BCUT2D eigenvalue weighted by molar-refractivity contribution is 6.29. The standard InChI is InChI=1S/C16H16ClN3O/c1-11-2-4-12(5-3-11)10-20(13-6-7-13)16(21)14-8-9-15(17)19-18-14/h2-5,8-9,13H,6-7,10H2,1H3. The molecule has 1 aromatic carbocycles. The molecule has 1 amide bonds. The van der Waals surface area contributed by atoms with Crippen molar-refractivity contribution in [3.05, 3.63) is 58.4 Å². The molecular weight excluding hydrogens is 286 g/mol. The fraction of sp³-hybridized carbons (Fsp3) is 0.312. The normalized spacial score (nSPS) is 14.0. The van der Waals surface area contributed by atoms with E-state index in [0.717, 1.165) is 18.4 Å². The zero-order valence-electron chi connectivity index (χ0n) is 11.8. The molecule has 1 saturated carbocycles. The molecule has 0 aliphatic heterocycles. The van der Waals surface area contributed by atoms with Crippen molar-refractivity contribution >= 4 is 17.5 Å². The van der Waals surface area contributed by atoms with Gasteiger partial charge in [-0.2, -0.15) is 0 Å². The van der Waals surface area contributed by atoms with Gasteiger partial charge in [-0.15, -0.1) is 10.2 Å². The smallest absolute Gasteiger partial charge is 0.274 e. The van der Waals surface area contributed by atoms with Crippen LogP contribution in [0.5, 0.6) is 0 Å². The molecule has 2 aromatic rings. The molecule has 0 atom stereocenters. The van der Waals surface area contributed by atoms with E-state index in [1.807, 2.05) is 4.90 Å². The van der Waals surface area contributed by atoms with Gasteiger partial charge in [0.25, 0.3) is 5.91 Å². The Bertz CT molecular complexity index is 636. The van der Waals surface area contributed by atoms with Gasteiger partial charge >= 0.3 is 0 Å². The summed E-state index contributed by atoms with van der Waals surface area (Å²) in [7, 11) is 0. The molecule has 1 aliphatic carbocycles. The van der Waals surface area contributed by atoms with Gasteiger partial charge in [-0.25, -0.2) is 0 Å². The van der Waals surface area contributed by atoms with Crippen molar-refractivity contribution in [1.82, 2.24) is 15.1 Å². The first-order valence-electron chi connectivity index (χ1n) is 6.99. The highest BCUT2D eigenvalue weighted by Gasteiger charge is 2.33. The van der Waals surface area contributed by atoms with Crippen LogP contribution in [0.3, 0.4) is 0 Å². The highest BCUT2D eigenvalue weighted by atomic mass is 35.5. The van der Waals surface area contributed by atoms with Crippen LogP contribution in [0, 0.1) is 6.92 Å². The summed E-state index contributed by atoms with van der Waals surface area (Å²) in [4.78, 5) is 14.5. The Labute approximate surface area is 128 Å². The second-order valence-electron chi connectivity index (χ2n) is 5.39. The van der Waals surface area contributed by atoms with Gasteiger partial charge in [-0.1, -0.05) is 41.4 Å².